The maximum Gasteiger partial charge on any atom is 0.151 e. The predicted octanol–water partition coefficient (Wildman–Crippen LogP) is 1.05. The SMILES string of the molecule is CN(CCCCCO)C1CCCC1S(C)(=O)=O. The van der Waals surface area contributed by atoms with Gasteiger partial charge in [0.15, 0.2) is 9.84 Å². The number of aliphatic hydroxyl groups excluding tert-OH is 1. The maximum atomic E-state index is 11.7. The number of unbranched alkanes of at least 4 members (excludes halogenated alkanes) is 2. The summed E-state index contributed by atoms with van der Waals surface area (Å²) in [4.78, 5) is 2.19. The molecule has 1 N–H and O–H groups in total. The smallest absolute Gasteiger partial charge is 0.151 e. The summed E-state index contributed by atoms with van der Waals surface area (Å²) in [6.07, 6.45) is 7.06. The Morgan fingerprint density at radius 1 is 1.24 bits per heavy atom. The molecule has 1 aliphatic carbocycles. The van der Waals surface area contributed by atoms with Crippen molar-refractivity contribution in [3.8, 4) is 0 Å². The third-order valence-corrected chi connectivity index (χ3v) is 5.35. The summed E-state index contributed by atoms with van der Waals surface area (Å²) < 4.78 is 23.3. The molecule has 2 atom stereocenters. The Balaban J connectivity index is 2.42. The monoisotopic (exact) mass is 263 g/mol. The highest BCUT2D eigenvalue weighted by atomic mass is 32.2. The Morgan fingerprint density at radius 3 is 2.53 bits per heavy atom. The van der Waals surface area contributed by atoms with Crippen molar-refractivity contribution in [1.29, 1.82) is 0 Å². The minimum atomic E-state index is -2.91. The van der Waals surface area contributed by atoms with Gasteiger partial charge < -0.3 is 10.0 Å². The van der Waals surface area contributed by atoms with Crippen LogP contribution in [0.5, 0.6) is 0 Å². The first-order chi connectivity index (χ1) is 7.96. The third-order valence-electron chi connectivity index (χ3n) is 3.70. The van der Waals surface area contributed by atoms with Crippen LogP contribution in [0.3, 0.4) is 0 Å². The Labute approximate surface area is 105 Å². The fourth-order valence-electron chi connectivity index (χ4n) is 2.73. The van der Waals surface area contributed by atoms with E-state index in [4.69, 9.17) is 5.11 Å². The first-order valence-corrected chi connectivity index (χ1v) is 8.42. The fourth-order valence-corrected chi connectivity index (χ4v) is 4.24. The van der Waals surface area contributed by atoms with E-state index in [1.165, 1.54) is 6.26 Å². The molecule has 2 unspecified atom stereocenters. The van der Waals surface area contributed by atoms with Gasteiger partial charge in [0.05, 0.1) is 5.25 Å². The summed E-state index contributed by atoms with van der Waals surface area (Å²) in [6, 6.07) is 0.194. The quantitative estimate of drug-likeness (QED) is 0.698. The second-order valence-electron chi connectivity index (χ2n) is 5.13. The molecule has 0 aromatic rings. The number of rotatable bonds is 7. The van der Waals surface area contributed by atoms with Gasteiger partial charge in [-0.15, -0.1) is 0 Å². The van der Waals surface area contributed by atoms with Gasteiger partial charge in [-0.25, -0.2) is 8.42 Å². The Morgan fingerprint density at radius 2 is 1.94 bits per heavy atom. The highest BCUT2D eigenvalue weighted by molar-refractivity contribution is 7.91. The van der Waals surface area contributed by atoms with E-state index >= 15 is 0 Å². The maximum absolute atomic E-state index is 11.7. The van der Waals surface area contributed by atoms with E-state index in [-0.39, 0.29) is 17.9 Å². The molecule has 1 fully saturated rings. The normalized spacial score (nSPS) is 25.6. The molecule has 0 spiro atoms. The first-order valence-electron chi connectivity index (χ1n) is 6.46. The average Bonchev–Trinajstić information content (AvgIpc) is 2.72. The molecule has 0 aromatic heterocycles. The average molecular weight is 263 g/mol. The van der Waals surface area contributed by atoms with E-state index in [1.54, 1.807) is 0 Å². The summed E-state index contributed by atoms with van der Waals surface area (Å²) in [7, 11) is -0.893. The van der Waals surface area contributed by atoms with Crippen LogP contribution in [-0.4, -0.2) is 56.2 Å². The van der Waals surface area contributed by atoms with E-state index in [0.717, 1.165) is 45.1 Å². The lowest BCUT2D eigenvalue weighted by atomic mass is 10.2. The Hall–Kier alpha value is -0.130. The lowest BCUT2D eigenvalue weighted by Crippen LogP contribution is -2.41. The molecular weight excluding hydrogens is 238 g/mol. The molecule has 0 aromatic carbocycles. The van der Waals surface area contributed by atoms with E-state index < -0.39 is 9.84 Å². The molecule has 0 radical (unpaired) electrons. The molecule has 0 aliphatic heterocycles. The van der Waals surface area contributed by atoms with Crippen molar-refractivity contribution in [3.05, 3.63) is 0 Å². The van der Waals surface area contributed by atoms with Crippen LogP contribution in [0.25, 0.3) is 0 Å². The van der Waals surface area contributed by atoms with Crippen molar-refractivity contribution in [2.45, 2.75) is 49.8 Å². The van der Waals surface area contributed by atoms with Gasteiger partial charge in [-0.3, -0.25) is 0 Å². The van der Waals surface area contributed by atoms with Crippen molar-refractivity contribution in [3.63, 3.8) is 0 Å². The van der Waals surface area contributed by atoms with Crippen molar-refractivity contribution in [2.24, 2.45) is 0 Å². The van der Waals surface area contributed by atoms with Gasteiger partial charge in [0.25, 0.3) is 0 Å². The van der Waals surface area contributed by atoms with E-state index in [0.29, 0.717) is 0 Å². The standard InChI is InChI=1S/C12H25NO3S/c1-13(9-4-3-5-10-14)11-7-6-8-12(11)17(2,15)16/h11-12,14H,3-10H2,1-2H3. The van der Waals surface area contributed by atoms with Crippen molar-refractivity contribution >= 4 is 9.84 Å². The van der Waals surface area contributed by atoms with Crippen LogP contribution in [0.2, 0.25) is 0 Å². The first kappa shape index (κ1) is 14.9. The minimum Gasteiger partial charge on any atom is -0.396 e. The zero-order valence-corrected chi connectivity index (χ0v) is 11.7. The van der Waals surface area contributed by atoms with Gasteiger partial charge in [0, 0.05) is 18.9 Å². The van der Waals surface area contributed by atoms with Crippen LogP contribution in [0, 0.1) is 0 Å². The van der Waals surface area contributed by atoms with Gasteiger partial charge >= 0.3 is 0 Å². The molecule has 1 saturated carbocycles. The third kappa shape index (κ3) is 4.56. The predicted molar refractivity (Wildman–Crippen MR) is 69.8 cm³/mol. The van der Waals surface area contributed by atoms with E-state index in [9.17, 15) is 8.42 Å². The molecule has 0 saturated heterocycles. The number of sulfone groups is 1. The molecule has 0 bridgehead atoms. The number of hydrogen-bond acceptors (Lipinski definition) is 4. The van der Waals surface area contributed by atoms with Crippen molar-refractivity contribution in [2.75, 3.05) is 26.5 Å². The zero-order chi connectivity index (χ0) is 12.9. The van der Waals surface area contributed by atoms with Crippen LogP contribution in [0.4, 0.5) is 0 Å². The van der Waals surface area contributed by atoms with Gasteiger partial charge in [0.1, 0.15) is 0 Å². The van der Waals surface area contributed by atoms with Gasteiger partial charge in [0.2, 0.25) is 0 Å². The zero-order valence-electron chi connectivity index (χ0n) is 10.9. The van der Waals surface area contributed by atoms with Crippen molar-refractivity contribution < 1.29 is 13.5 Å². The lowest BCUT2D eigenvalue weighted by Gasteiger charge is -2.28. The topological polar surface area (TPSA) is 57.6 Å². The van der Waals surface area contributed by atoms with Crippen LogP contribution in [0.1, 0.15) is 38.5 Å². The van der Waals surface area contributed by atoms with Crippen LogP contribution in [-0.2, 0) is 9.84 Å². The summed E-state index contributed by atoms with van der Waals surface area (Å²) in [5.74, 6) is 0. The summed E-state index contributed by atoms with van der Waals surface area (Å²) in [6.45, 7) is 1.18. The molecule has 0 heterocycles. The fraction of sp³-hybridized carbons (Fsp3) is 1.00. The van der Waals surface area contributed by atoms with Crippen LogP contribution in [0.15, 0.2) is 0 Å². The Bertz CT molecular complexity index is 316. The van der Waals surface area contributed by atoms with Gasteiger partial charge in [-0.1, -0.05) is 6.42 Å². The van der Waals surface area contributed by atoms with Gasteiger partial charge in [-0.05, 0) is 45.7 Å². The van der Waals surface area contributed by atoms with E-state index in [2.05, 4.69) is 4.90 Å². The largest absolute Gasteiger partial charge is 0.396 e. The summed E-state index contributed by atoms with van der Waals surface area (Å²) in [5.41, 5.74) is 0. The Kier molecular flexibility index (Phi) is 5.89. The van der Waals surface area contributed by atoms with Crippen LogP contribution < -0.4 is 0 Å². The molecule has 17 heavy (non-hydrogen) atoms. The molecule has 1 rings (SSSR count). The molecule has 4 nitrogen and oxygen atoms in total. The molecular formula is C12H25NO3S. The second-order valence-corrected chi connectivity index (χ2v) is 7.40. The molecule has 0 amide bonds. The number of nitrogens with zero attached hydrogens (tertiary/aromatic N) is 1. The lowest BCUT2D eigenvalue weighted by molar-refractivity contribution is 0.234. The van der Waals surface area contributed by atoms with E-state index in [1.807, 2.05) is 7.05 Å². The second kappa shape index (κ2) is 6.71. The number of hydrogen-bond donors (Lipinski definition) is 1. The highest BCUT2D eigenvalue weighted by Crippen LogP contribution is 2.28. The molecule has 1 aliphatic rings. The van der Waals surface area contributed by atoms with Gasteiger partial charge in [-0.2, -0.15) is 0 Å². The molecule has 102 valence electrons. The van der Waals surface area contributed by atoms with Crippen LogP contribution >= 0.6 is 0 Å². The molecule has 5 heteroatoms. The minimum absolute atomic E-state index is 0.176. The summed E-state index contributed by atoms with van der Waals surface area (Å²) >= 11 is 0. The number of aliphatic hydroxyl groups is 1. The highest BCUT2D eigenvalue weighted by Gasteiger charge is 2.36. The summed E-state index contributed by atoms with van der Waals surface area (Å²) in [5, 5.41) is 8.52. The van der Waals surface area contributed by atoms with Crippen molar-refractivity contribution in [1.82, 2.24) is 4.90 Å².